The highest BCUT2D eigenvalue weighted by Crippen LogP contribution is 2.29. The molecule has 35 heavy (non-hydrogen) atoms. The highest BCUT2D eigenvalue weighted by Gasteiger charge is 2.21. The fourth-order valence-electron chi connectivity index (χ4n) is 3.67. The molecular formula is C26H22N2O6S. The molecular weight excluding hydrogens is 468 g/mol. The smallest absolute Gasteiger partial charge is 0.310 e. The lowest BCUT2D eigenvalue weighted by atomic mass is 9.96. The maximum atomic E-state index is 13.2. The summed E-state index contributed by atoms with van der Waals surface area (Å²) in [5.41, 5.74) is 2.24. The fourth-order valence-corrected chi connectivity index (χ4v) is 4.60. The third-order valence-electron chi connectivity index (χ3n) is 5.22. The summed E-state index contributed by atoms with van der Waals surface area (Å²) in [6.45, 7) is 1.36. The number of sulfonamides is 1. The van der Waals surface area contributed by atoms with Gasteiger partial charge < -0.3 is 14.5 Å². The SMILES string of the molecule is COC(=O)Cc1c(-c2ccccc2)/c(=N\S(=O)(=O)c2ccc(NC(C)=O)cc2)oc2ccccc12. The van der Waals surface area contributed by atoms with Crippen LogP contribution in [0.3, 0.4) is 0 Å². The molecule has 0 radical (unpaired) electrons. The van der Waals surface area contributed by atoms with Crippen molar-refractivity contribution in [2.45, 2.75) is 18.2 Å². The van der Waals surface area contributed by atoms with Gasteiger partial charge >= 0.3 is 5.97 Å². The lowest BCUT2D eigenvalue weighted by Gasteiger charge is -2.13. The Hall–Kier alpha value is -4.24. The van der Waals surface area contributed by atoms with Gasteiger partial charge in [-0.15, -0.1) is 4.40 Å². The number of anilines is 1. The van der Waals surface area contributed by atoms with Gasteiger partial charge in [-0.2, -0.15) is 8.42 Å². The van der Waals surface area contributed by atoms with Crippen molar-refractivity contribution < 1.29 is 27.2 Å². The molecule has 0 saturated carbocycles. The van der Waals surface area contributed by atoms with Crippen LogP contribution < -0.4 is 10.9 Å². The van der Waals surface area contributed by atoms with E-state index in [4.69, 9.17) is 9.15 Å². The molecule has 0 fully saturated rings. The second-order valence-corrected chi connectivity index (χ2v) is 9.25. The first kappa shape index (κ1) is 23.9. The predicted molar refractivity (Wildman–Crippen MR) is 131 cm³/mol. The molecule has 0 atom stereocenters. The molecule has 1 amide bonds. The first-order valence-electron chi connectivity index (χ1n) is 10.6. The van der Waals surface area contributed by atoms with Crippen LogP contribution in [0, 0.1) is 0 Å². The average Bonchev–Trinajstić information content (AvgIpc) is 2.84. The highest BCUT2D eigenvalue weighted by atomic mass is 32.2. The minimum atomic E-state index is -4.21. The lowest BCUT2D eigenvalue weighted by Crippen LogP contribution is -2.16. The van der Waals surface area contributed by atoms with Crippen LogP contribution in [-0.4, -0.2) is 27.4 Å². The zero-order valence-corrected chi connectivity index (χ0v) is 19.8. The first-order valence-corrected chi connectivity index (χ1v) is 12.1. The Bertz CT molecular complexity index is 1570. The van der Waals surface area contributed by atoms with Crippen LogP contribution in [0.4, 0.5) is 5.69 Å². The second kappa shape index (κ2) is 9.94. The van der Waals surface area contributed by atoms with E-state index in [9.17, 15) is 18.0 Å². The van der Waals surface area contributed by atoms with Crippen LogP contribution in [0.5, 0.6) is 0 Å². The number of esters is 1. The van der Waals surface area contributed by atoms with Crippen molar-refractivity contribution in [1.29, 1.82) is 0 Å². The summed E-state index contributed by atoms with van der Waals surface area (Å²) in [6, 6.07) is 21.7. The molecule has 178 valence electrons. The van der Waals surface area contributed by atoms with Gasteiger partial charge in [-0.05, 0) is 41.5 Å². The van der Waals surface area contributed by atoms with Crippen molar-refractivity contribution >= 4 is 38.6 Å². The number of benzene rings is 3. The van der Waals surface area contributed by atoms with E-state index in [1.165, 1.54) is 38.3 Å². The topological polar surface area (TPSA) is 115 Å². The molecule has 0 spiro atoms. The number of rotatable bonds is 6. The third-order valence-corrected chi connectivity index (χ3v) is 6.50. The molecule has 0 aliphatic heterocycles. The number of fused-ring (bicyclic) bond motifs is 1. The highest BCUT2D eigenvalue weighted by molar-refractivity contribution is 7.90. The summed E-state index contributed by atoms with van der Waals surface area (Å²) >= 11 is 0. The second-order valence-electron chi connectivity index (χ2n) is 7.65. The Morgan fingerprint density at radius 2 is 1.60 bits per heavy atom. The molecule has 0 aliphatic rings. The number of para-hydroxylation sites is 1. The zero-order valence-electron chi connectivity index (χ0n) is 19.0. The summed E-state index contributed by atoms with van der Waals surface area (Å²) in [7, 11) is -2.91. The van der Waals surface area contributed by atoms with Gasteiger partial charge in [-0.3, -0.25) is 9.59 Å². The van der Waals surface area contributed by atoms with Crippen LogP contribution in [0.15, 0.2) is 92.6 Å². The number of carbonyl (C=O) groups excluding carboxylic acids is 2. The summed E-state index contributed by atoms with van der Waals surface area (Å²) in [5, 5.41) is 3.23. The lowest BCUT2D eigenvalue weighted by molar-refractivity contribution is -0.139. The Morgan fingerprint density at radius 1 is 0.943 bits per heavy atom. The Kier molecular flexibility index (Phi) is 6.79. The van der Waals surface area contributed by atoms with Crippen LogP contribution in [0.1, 0.15) is 12.5 Å². The number of methoxy groups -OCH3 is 1. The van der Waals surface area contributed by atoms with Gasteiger partial charge in [0, 0.05) is 23.6 Å². The van der Waals surface area contributed by atoms with E-state index in [1.807, 2.05) is 6.07 Å². The molecule has 3 aromatic carbocycles. The van der Waals surface area contributed by atoms with Crippen molar-refractivity contribution in [3.05, 3.63) is 90.0 Å². The average molecular weight is 491 g/mol. The molecule has 0 bridgehead atoms. The molecule has 1 N–H and O–H groups in total. The van der Waals surface area contributed by atoms with Gasteiger partial charge in [-0.25, -0.2) is 0 Å². The minimum Gasteiger partial charge on any atom is -0.469 e. The number of hydrogen-bond acceptors (Lipinski definition) is 6. The third kappa shape index (κ3) is 5.30. The minimum absolute atomic E-state index is 0.0801. The molecule has 9 heteroatoms. The van der Waals surface area contributed by atoms with Crippen molar-refractivity contribution in [3.63, 3.8) is 0 Å². The molecule has 0 saturated heterocycles. The van der Waals surface area contributed by atoms with Crippen LogP contribution in [0.25, 0.3) is 22.1 Å². The van der Waals surface area contributed by atoms with E-state index in [-0.39, 0.29) is 22.8 Å². The van der Waals surface area contributed by atoms with E-state index >= 15 is 0 Å². The number of nitrogens with one attached hydrogen (secondary N) is 1. The normalized spacial score (nSPS) is 11.9. The predicted octanol–water partition coefficient (Wildman–Crippen LogP) is 4.06. The maximum Gasteiger partial charge on any atom is 0.310 e. The summed E-state index contributed by atoms with van der Waals surface area (Å²) in [4.78, 5) is 23.5. The van der Waals surface area contributed by atoms with E-state index in [0.29, 0.717) is 33.3 Å². The molecule has 1 heterocycles. The Labute approximate surface area is 201 Å². The van der Waals surface area contributed by atoms with Gasteiger partial charge in [0.05, 0.1) is 18.4 Å². The maximum absolute atomic E-state index is 13.2. The first-order chi connectivity index (χ1) is 16.8. The molecule has 4 rings (SSSR count). The number of nitrogens with zero attached hydrogens (tertiary/aromatic N) is 1. The van der Waals surface area contributed by atoms with E-state index in [0.717, 1.165) is 0 Å². The molecule has 1 aromatic heterocycles. The van der Waals surface area contributed by atoms with Crippen molar-refractivity contribution in [1.82, 2.24) is 0 Å². The summed E-state index contributed by atoms with van der Waals surface area (Å²) < 4.78 is 41.4. The van der Waals surface area contributed by atoms with Gasteiger partial charge in [0.15, 0.2) is 0 Å². The van der Waals surface area contributed by atoms with Crippen molar-refractivity contribution in [3.8, 4) is 11.1 Å². The molecule has 4 aromatic rings. The van der Waals surface area contributed by atoms with E-state index in [2.05, 4.69) is 9.71 Å². The number of ether oxygens (including phenoxy) is 1. The van der Waals surface area contributed by atoms with Gasteiger partial charge in [0.2, 0.25) is 11.5 Å². The standard InChI is InChI=1S/C26H22N2O6S/c1-17(29)27-19-12-14-20(15-13-19)35(31,32)28-26-25(18-8-4-3-5-9-18)22(16-24(30)33-2)21-10-6-7-11-23(21)34-26/h3-15H,16H2,1-2H3,(H,27,29)/b28-26+. The molecule has 8 nitrogen and oxygen atoms in total. The number of carbonyl (C=O) groups is 2. The zero-order chi connectivity index (χ0) is 25.0. The Morgan fingerprint density at radius 3 is 2.26 bits per heavy atom. The fraction of sp³-hybridized carbons (Fsp3) is 0.115. The van der Waals surface area contributed by atoms with E-state index in [1.54, 1.807) is 48.5 Å². The number of hydrogen-bond donors (Lipinski definition) is 1. The summed E-state index contributed by atoms with van der Waals surface area (Å²) in [6.07, 6.45) is -0.106. The van der Waals surface area contributed by atoms with Crippen LogP contribution in [-0.2, 0) is 30.8 Å². The summed E-state index contributed by atoms with van der Waals surface area (Å²) in [5.74, 6) is -0.758. The van der Waals surface area contributed by atoms with Crippen molar-refractivity contribution in [2.24, 2.45) is 4.40 Å². The monoisotopic (exact) mass is 490 g/mol. The largest absolute Gasteiger partial charge is 0.469 e. The molecule has 0 aliphatic carbocycles. The van der Waals surface area contributed by atoms with Crippen LogP contribution in [0.2, 0.25) is 0 Å². The van der Waals surface area contributed by atoms with Crippen LogP contribution >= 0.6 is 0 Å². The van der Waals surface area contributed by atoms with Gasteiger partial charge in [-0.1, -0.05) is 48.5 Å². The van der Waals surface area contributed by atoms with Gasteiger partial charge in [0.25, 0.3) is 10.0 Å². The Balaban J connectivity index is 1.99. The number of amides is 1. The van der Waals surface area contributed by atoms with Crippen molar-refractivity contribution in [2.75, 3.05) is 12.4 Å². The quantitative estimate of drug-likeness (QED) is 0.408. The van der Waals surface area contributed by atoms with Gasteiger partial charge in [0.1, 0.15) is 5.58 Å². The molecule has 0 unspecified atom stereocenters. The van der Waals surface area contributed by atoms with E-state index < -0.39 is 16.0 Å².